The van der Waals surface area contributed by atoms with Crippen LogP contribution >= 0.6 is 0 Å². The summed E-state index contributed by atoms with van der Waals surface area (Å²) in [6.45, 7) is 12.0. The second-order valence-corrected chi connectivity index (χ2v) is 6.22. The fraction of sp³-hybridized carbons (Fsp3) is 1.00. The van der Waals surface area contributed by atoms with E-state index in [1.807, 2.05) is 6.92 Å². The van der Waals surface area contributed by atoms with Gasteiger partial charge in [0.2, 0.25) is 0 Å². The molecule has 0 bridgehead atoms. The van der Waals surface area contributed by atoms with E-state index in [1.165, 1.54) is 12.8 Å². The van der Waals surface area contributed by atoms with Crippen molar-refractivity contribution in [2.24, 2.45) is 0 Å². The first-order chi connectivity index (χ1) is 11.1. The third-order valence-corrected chi connectivity index (χ3v) is 4.17. The summed E-state index contributed by atoms with van der Waals surface area (Å²) in [5, 5.41) is 19.2. The fourth-order valence-corrected chi connectivity index (χ4v) is 2.67. The third-order valence-electron chi connectivity index (χ3n) is 4.17. The van der Waals surface area contributed by atoms with Crippen LogP contribution in [0, 0.1) is 0 Å². The van der Waals surface area contributed by atoms with Gasteiger partial charge in [-0.2, -0.15) is 0 Å². The van der Waals surface area contributed by atoms with Crippen molar-refractivity contribution in [3.8, 4) is 0 Å². The van der Waals surface area contributed by atoms with Gasteiger partial charge in [-0.25, -0.2) is 0 Å². The quantitative estimate of drug-likeness (QED) is 0.400. The molecule has 5 heteroatoms. The number of ether oxygens (including phenoxy) is 2. The lowest BCUT2D eigenvalue weighted by molar-refractivity contribution is -0.0197. The second kappa shape index (κ2) is 15.3. The van der Waals surface area contributed by atoms with E-state index in [0.29, 0.717) is 26.2 Å². The molecule has 0 amide bonds. The van der Waals surface area contributed by atoms with Gasteiger partial charge in [0.1, 0.15) is 0 Å². The van der Waals surface area contributed by atoms with Crippen LogP contribution in [-0.4, -0.2) is 73.4 Å². The van der Waals surface area contributed by atoms with Crippen molar-refractivity contribution in [1.82, 2.24) is 4.90 Å². The Bertz CT molecular complexity index is 247. The highest BCUT2D eigenvalue weighted by Crippen LogP contribution is 2.21. The summed E-state index contributed by atoms with van der Waals surface area (Å²) in [7, 11) is 0. The molecule has 0 saturated heterocycles. The van der Waals surface area contributed by atoms with E-state index in [0.717, 1.165) is 45.5 Å². The summed E-state index contributed by atoms with van der Waals surface area (Å²) >= 11 is 0. The maximum absolute atomic E-state index is 10.6. The Morgan fingerprint density at radius 1 is 0.826 bits per heavy atom. The third kappa shape index (κ3) is 12.8. The Balaban J connectivity index is 3.79. The molecular formula is C18H39NO4. The van der Waals surface area contributed by atoms with Gasteiger partial charge in [0.15, 0.2) is 0 Å². The molecule has 0 aliphatic carbocycles. The first kappa shape index (κ1) is 22.8. The number of aliphatic hydroxyl groups is 2. The molecule has 23 heavy (non-hydrogen) atoms. The van der Waals surface area contributed by atoms with Crippen molar-refractivity contribution in [1.29, 1.82) is 0 Å². The molecule has 0 fully saturated rings. The maximum atomic E-state index is 10.6. The Labute approximate surface area is 143 Å². The van der Waals surface area contributed by atoms with Gasteiger partial charge in [0.05, 0.1) is 25.4 Å². The van der Waals surface area contributed by atoms with Crippen LogP contribution in [0.25, 0.3) is 0 Å². The predicted octanol–water partition coefficient (Wildman–Crippen LogP) is 2.45. The molecule has 0 rings (SSSR count). The minimum Gasteiger partial charge on any atom is -0.394 e. The summed E-state index contributed by atoms with van der Waals surface area (Å²) < 4.78 is 11.0. The van der Waals surface area contributed by atoms with Gasteiger partial charge in [-0.3, -0.25) is 0 Å². The molecule has 0 aromatic carbocycles. The highest BCUT2D eigenvalue weighted by Gasteiger charge is 2.23. The van der Waals surface area contributed by atoms with Crippen molar-refractivity contribution >= 4 is 0 Å². The topological polar surface area (TPSA) is 62.2 Å². The molecule has 0 radical (unpaired) electrons. The minimum absolute atomic E-state index is 0.0545. The van der Waals surface area contributed by atoms with Gasteiger partial charge >= 0.3 is 0 Å². The Morgan fingerprint density at radius 3 is 2.04 bits per heavy atom. The molecule has 0 aliphatic rings. The van der Waals surface area contributed by atoms with Crippen molar-refractivity contribution < 1.29 is 19.7 Å². The van der Waals surface area contributed by atoms with Gasteiger partial charge in [-0.15, -0.1) is 0 Å². The molecule has 0 aliphatic heterocycles. The average molecular weight is 334 g/mol. The zero-order valence-corrected chi connectivity index (χ0v) is 15.6. The van der Waals surface area contributed by atoms with Crippen molar-refractivity contribution in [2.45, 2.75) is 64.9 Å². The molecular weight excluding hydrogens is 294 g/mol. The normalized spacial score (nSPS) is 14.3. The van der Waals surface area contributed by atoms with Crippen molar-refractivity contribution in [3.63, 3.8) is 0 Å². The second-order valence-electron chi connectivity index (χ2n) is 6.22. The van der Waals surface area contributed by atoms with E-state index in [9.17, 15) is 5.11 Å². The number of nitrogens with zero attached hydrogens (tertiary/aromatic N) is 1. The standard InChI is InChI=1S/C18H39NO4/c1-4-10-19(11-5-2)12-16-23-15-9-18(21,6-3)8-7-14-22-17-13-20/h20-21H,4-17H2,1-3H3. The number of rotatable bonds is 17. The lowest BCUT2D eigenvalue weighted by atomic mass is 9.91. The van der Waals surface area contributed by atoms with Crippen LogP contribution in [0.2, 0.25) is 0 Å². The van der Waals surface area contributed by atoms with Crippen molar-refractivity contribution in [2.75, 3.05) is 52.7 Å². The largest absolute Gasteiger partial charge is 0.394 e. The van der Waals surface area contributed by atoms with Crippen LogP contribution in [0.15, 0.2) is 0 Å². The van der Waals surface area contributed by atoms with E-state index < -0.39 is 5.60 Å². The van der Waals surface area contributed by atoms with E-state index in [1.54, 1.807) is 0 Å². The van der Waals surface area contributed by atoms with E-state index >= 15 is 0 Å². The molecule has 1 unspecified atom stereocenters. The summed E-state index contributed by atoms with van der Waals surface area (Å²) in [4.78, 5) is 2.44. The predicted molar refractivity (Wildman–Crippen MR) is 94.8 cm³/mol. The van der Waals surface area contributed by atoms with Crippen LogP contribution in [0.3, 0.4) is 0 Å². The van der Waals surface area contributed by atoms with Crippen LogP contribution in [0.5, 0.6) is 0 Å². The van der Waals surface area contributed by atoms with E-state index in [2.05, 4.69) is 18.7 Å². The smallest absolute Gasteiger partial charge is 0.0697 e. The van der Waals surface area contributed by atoms with Crippen LogP contribution in [0.1, 0.15) is 59.3 Å². The van der Waals surface area contributed by atoms with Gasteiger partial charge in [-0.05, 0) is 51.6 Å². The van der Waals surface area contributed by atoms with E-state index in [-0.39, 0.29) is 6.61 Å². The Kier molecular flexibility index (Phi) is 15.2. The molecule has 0 aromatic heterocycles. The molecule has 2 N–H and O–H groups in total. The zero-order valence-electron chi connectivity index (χ0n) is 15.6. The number of aliphatic hydroxyl groups excluding tert-OH is 1. The van der Waals surface area contributed by atoms with Crippen LogP contribution in [-0.2, 0) is 9.47 Å². The molecule has 0 aromatic rings. The first-order valence-electron chi connectivity index (χ1n) is 9.33. The highest BCUT2D eigenvalue weighted by atomic mass is 16.5. The first-order valence-corrected chi connectivity index (χ1v) is 9.33. The van der Waals surface area contributed by atoms with Crippen LogP contribution < -0.4 is 0 Å². The van der Waals surface area contributed by atoms with Crippen LogP contribution in [0.4, 0.5) is 0 Å². The maximum Gasteiger partial charge on any atom is 0.0697 e. The zero-order chi connectivity index (χ0) is 17.4. The van der Waals surface area contributed by atoms with Gasteiger partial charge in [0, 0.05) is 19.8 Å². The van der Waals surface area contributed by atoms with Gasteiger partial charge in [-0.1, -0.05) is 20.8 Å². The molecule has 0 saturated carbocycles. The SMILES string of the molecule is CCCN(CCC)CCOCCC(O)(CC)CCCOCCO. The molecule has 140 valence electrons. The minimum atomic E-state index is -0.658. The summed E-state index contributed by atoms with van der Waals surface area (Å²) in [6, 6.07) is 0. The lowest BCUT2D eigenvalue weighted by Crippen LogP contribution is -2.32. The Morgan fingerprint density at radius 2 is 1.48 bits per heavy atom. The number of hydrogen-bond acceptors (Lipinski definition) is 5. The molecule has 0 spiro atoms. The fourth-order valence-electron chi connectivity index (χ4n) is 2.67. The van der Waals surface area contributed by atoms with Crippen molar-refractivity contribution in [3.05, 3.63) is 0 Å². The summed E-state index contributed by atoms with van der Waals surface area (Å²) in [5.74, 6) is 0. The lowest BCUT2D eigenvalue weighted by Gasteiger charge is -2.27. The summed E-state index contributed by atoms with van der Waals surface area (Å²) in [6.07, 6.45) is 5.28. The molecule has 0 heterocycles. The van der Waals surface area contributed by atoms with Gasteiger partial charge < -0.3 is 24.6 Å². The van der Waals surface area contributed by atoms with E-state index in [4.69, 9.17) is 14.6 Å². The highest BCUT2D eigenvalue weighted by molar-refractivity contribution is 4.76. The van der Waals surface area contributed by atoms with Gasteiger partial charge in [0.25, 0.3) is 0 Å². The molecule has 5 nitrogen and oxygen atoms in total. The Hall–Kier alpha value is -0.200. The monoisotopic (exact) mass is 333 g/mol. The average Bonchev–Trinajstić information content (AvgIpc) is 2.54. The number of hydrogen-bond donors (Lipinski definition) is 2. The summed E-state index contributed by atoms with van der Waals surface area (Å²) in [5.41, 5.74) is -0.658. The molecule has 1 atom stereocenters.